The average molecular weight is 333 g/mol. The Hall–Kier alpha value is -1.83. The second-order valence-electron chi connectivity index (χ2n) is 6.29. The van der Waals surface area contributed by atoms with E-state index in [-0.39, 0.29) is 11.2 Å². The Labute approximate surface area is 138 Å². The molecular weight excluding hydrogens is 314 g/mol. The molecule has 4 rings (SSSR count). The van der Waals surface area contributed by atoms with Gasteiger partial charge in [-0.05, 0) is 39.5 Å². The highest BCUT2D eigenvalue weighted by Gasteiger charge is 2.37. The Balaban J connectivity index is 1.45. The summed E-state index contributed by atoms with van der Waals surface area (Å²) in [5, 5.41) is 15.8. The predicted molar refractivity (Wildman–Crippen MR) is 85.5 cm³/mol. The normalized spacial score (nSPS) is 18.9. The Morgan fingerprint density at radius 3 is 2.78 bits per heavy atom. The summed E-state index contributed by atoms with van der Waals surface area (Å²) in [4.78, 5) is 12.3. The fraction of sp³-hybridized carbons (Fsp3) is 0.600. The van der Waals surface area contributed by atoms with Gasteiger partial charge in [0.1, 0.15) is 11.6 Å². The largest absolute Gasteiger partial charge is 0.360 e. The van der Waals surface area contributed by atoms with E-state index in [2.05, 4.69) is 25.2 Å². The summed E-state index contributed by atoms with van der Waals surface area (Å²) in [5.41, 5.74) is 0. The lowest BCUT2D eigenvalue weighted by Gasteiger charge is -2.12. The van der Waals surface area contributed by atoms with E-state index in [1.165, 1.54) is 37.4 Å². The maximum absolute atomic E-state index is 12.3. The predicted octanol–water partition coefficient (Wildman–Crippen LogP) is 2.91. The van der Waals surface area contributed by atoms with Crippen molar-refractivity contribution in [2.45, 2.75) is 61.9 Å². The zero-order chi connectivity index (χ0) is 16.0. The molecule has 122 valence electrons. The van der Waals surface area contributed by atoms with Gasteiger partial charge in [-0.15, -0.1) is 10.2 Å². The molecule has 0 saturated heterocycles. The maximum Gasteiger partial charge on any atom is 0.238 e. The third kappa shape index (κ3) is 3.12. The molecule has 1 amide bonds. The van der Waals surface area contributed by atoms with Gasteiger partial charge in [0, 0.05) is 18.0 Å². The van der Waals surface area contributed by atoms with Crippen molar-refractivity contribution in [1.29, 1.82) is 0 Å². The van der Waals surface area contributed by atoms with Gasteiger partial charge in [-0.3, -0.25) is 4.79 Å². The number of aromatic nitrogens is 4. The number of thioether (sulfide) groups is 1. The van der Waals surface area contributed by atoms with Crippen molar-refractivity contribution in [2.75, 3.05) is 5.32 Å². The van der Waals surface area contributed by atoms with Crippen molar-refractivity contribution < 1.29 is 9.32 Å². The van der Waals surface area contributed by atoms with Gasteiger partial charge in [-0.2, -0.15) is 0 Å². The van der Waals surface area contributed by atoms with Gasteiger partial charge in [0.15, 0.2) is 11.0 Å². The summed E-state index contributed by atoms with van der Waals surface area (Å²) < 4.78 is 7.22. The molecule has 1 unspecified atom stereocenters. The Bertz CT molecular complexity index is 732. The van der Waals surface area contributed by atoms with Gasteiger partial charge in [-0.1, -0.05) is 16.9 Å². The first-order valence-corrected chi connectivity index (χ1v) is 8.85. The van der Waals surface area contributed by atoms with Crippen LogP contribution in [-0.4, -0.2) is 31.1 Å². The van der Waals surface area contributed by atoms with Crippen LogP contribution in [0.4, 0.5) is 5.82 Å². The van der Waals surface area contributed by atoms with E-state index in [0.717, 1.165) is 11.0 Å². The minimum Gasteiger partial charge on any atom is -0.360 e. The van der Waals surface area contributed by atoms with Crippen molar-refractivity contribution in [1.82, 2.24) is 19.9 Å². The van der Waals surface area contributed by atoms with Crippen LogP contribution in [0.25, 0.3) is 0 Å². The van der Waals surface area contributed by atoms with Gasteiger partial charge in [0.2, 0.25) is 5.91 Å². The monoisotopic (exact) mass is 333 g/mol. The highest BCUT2D eigenvalue weighted by Crippen LogP contribution is 2.46. The van der Waals surface area contributed by atoms with Crippen molar-refractivity contribution >= 4 is 23.5 Å². The Morgan fingerprint density at radius 1 is 1.39 bits per heavy atom. The fourth-order valence-corrected chi connectivity index (χ4v) is 3.46. The number of anilines is 1. The number of carbonyl (C=O) groups is 1. The number of nitrogens with zero attached hydrogens (tertiary/aromatic N) is 4. The van der Waals surface area contributed by atoms with Crippen LogP contribution in [0.5, 0.6) is 0 Å². The van der Waals surface area contributed by atoms with E-state index in [1.54, 1.807) is 13.0 Å². The average Bonchev–Trinajstić information content (AvgIpc) is 3.44. The first kappa shape index (κ1) is 14.7. The summed E-state index contributed by atoms with van der Waals surface area (Å²) in [6.45, 7) is 3.66. The van der Waals surface area contributed by atoms with Crippen molar-refractivity contribution in [2.24, 2.45) is 0 Å². The smallest absolute Gasteiger partial charge is 0.238 e. The van der Waals surface area contributed by atoms with E-state index in [0.29, 0.717) is 23.5 Å². The summed E-state index contributed by atoms with van der Waals surface area (Å²) in [7, 11) is 0. The van der Waals surface area contributed by atoms with Crippen LogP contribution in [0.1, 0.15) is 56.2 Å². The molecule has 0 aromatic carbocycles. The molecule has 1 atom stereocenters. The highest BCUT2D eigenvalue weighted by atomic mass is 32.2. The van der Waals surface area contributed by atoms with E-state index < -0.39 is 0 Å². The molecule has 2 saturated carbocycles. The Kier molecular flexibility index (Phi) is 3.63. The molecular formula is C15H19N5O2S. The van der Waals surface area contributed by atoms with Crippen molar-refractivity contribution in [3.05, 3.63) is 17.7 Å². The Morgan fingerprint density at radius 2 is 2.17 bits per heavy atom. The van der Waals surface area contributed by atoms with Crippen LogP contribution in [0.2, 0.25) is 0 Å². The molecule has 2 aromatic rings. The molecule has 0 radical (unpaired) electrons. The molecule has 0 aliphatic heterocycles. The molecule has 0 bridgehead atoms. The zero-order valence-electron chi connectivity index (χ0n) is 13.2. The van der Waals surface area contributed by atoms with Crippen LogP contribution in [0.3, 0.4) is 0 Å². The summed E-state index contributed by atoms with van der Waals surface area (Å²) in [6, 6.07) is 2.23. The molecule has 0 spiro atoms. The lowest BCUT2D eigenvalue weighted by atomic mass is 10.4. The van der Waals surface area contributed by atoms with Crippen molar-refractivity contribution in [3.8, 4) is 0 Å². The molecule has 23 heavy (non-hydrogen) atoms. The number of rotatable bonds is 6. The number of nitrogens with one attached hydrogen (secondary N) is 1. The molecule has 7 nitrogen and oxygen atoms in total. The second-order valence-corrected chi connectivity index (χ2v) is 7.60. The summed E-state index contributed by atoms with van der Waals surface area (Å²) in [6.07, 6.45) is 4.78. The third-order valence-corrected chi connectivity index (χ3v) is 5.13. The highest BCUT2D eigenvalue weighted by molar-refractivity contribution is 8.00. The molecule has 2 aliphatic carbocycles. The molecule has 1 N–H and O–H groups in total. The minimum absolute atomic E-state index is 0.110. The van der Waals surface area contributed by atoms with E-state index >= 15 is 0 Å². The molecule has 2 aliphatic rings. The van der Waals surface area contributed by atoms with E-state index in [1.807, 2.05) is 6.92 Å². The molecule has 8 heteroatoms. The van der Waals surface area contributed by atoms with Crippen molar-refractivity contribution in [3.63, 3.8) is 0 Å². The molecule has 2 aromatic heterocycles. The second kappa shape index (κ2) is 5.67. The fourth-order valence-electron chi connectivity index (χ4n) is 2.53. The van der Waals surface area contributed by atoms with Crippen LogP contribution in [0.15, 0.2) is 15.7 Å². The van der Waals surface area contributed by atoms with E-state index in [4.69, 9.17) is 4.52 Å². The summed E-state index contributed by atoms with van der Waals surface area (Å²) >= 11 is 1.46. The number of hydrogen-bond donors (Lipinski definition) is 1. The topological polar surface area (TPSA) is 85.8 Å². The lowest BCUT2D eigenvalue weighted by Crippen LogP contribution is -2.23. The standard InChI is InChI=1S/C15H19N5O2S/c1-8-7-12(19-22-8)16-14(21)9(2)23-15-18-17-13(10-3-4-10)20(15)11-5-6-11/h7,9-11H,3-6H2,1-2H3,(H,16,19,21). The van der Waals surface area contributed by atoms with Crippen LogP contribution in [0, 0.1) is 6.92 Å². The number of amides is 1. The zero-order valence-corrected chi connectivity index (χ0v) is 14.0. The van der Waals surface area contributed by atoms with Crippen LogP contribution in [-0.2, 0) is 4.79 Å². The van der Waals surface area contributed by atoms with Gasteiger partial charge in [0.25, 0.3) is 0 Å². The maximum atomic E-state index is 12.3. The summed E-state index contributed by atoms with van der Waals surface area (Å²) in [5.74, 6) is 2.68. The number of carbonyl (C=O) groups excluding carboxylic acids is 1. The quantitative estimate of drug-likeness (QED) is 0.818. The molecule has 2 heterocycles. The van der Waals surface area contributed by atoms with Gasteiger partial charge < -0.3 is 14.4 Å². The van der Waals surface area contributed by atoms with Crippen LogP contribution < -0.4 is 5.32 Å². The molecule has 2 fully saturated rings. The minimum atomic E-state index is -0.277. The van der Waals surface area contributed by atoms with E-state index in [9.17, 15) is 4.79 Å². The number of hydrogen-bond acceptors (Lipinski definition) is 6. The first-order chi connectivity index (χ1) is 11.1. The van der Waals surface area contributed by atoms with Gasteiger partial charge in [0.05, 0.1) is 5.25 Å². The van der Waals surface area contributed by atoms with Gasteiger partial charge >= 0.3 is 0 Å². The lowest BCUT2D eigenvalue weighted by molar-refractivity contribution is -0.115. The first-order valence-electron chi connectivity index (χ1n) is 7.97. The third-order valence-electron chi connectivity index (χ3n) is 4.08. The SMILES string of the molecule is Cc1cc(NC(=O)C(C)Sc2nnc(C3CC3)n2C2CC2)no1. The van der Waals surface area contributed by atoms with Crippen LogP contribution >= 0.6 is 11.8 Å². The van der Waals surface area contributed by atoms with Gasteiger partial charge in [-0.25, -0.2) is 0 Å². The number of aryl methyl sites for hydroxylation is 1.